The van der Waals surface area contributed by atoms with Gasteiger partial charge in [0.1, 0.15) is 5.92 Å². The van der Waals surface area contributed by atoms with Crippen molar-refractivity contribution in [1.82, 2.24) is 4.57 Å². The topological polar surface area (TPSA) is 57.8 Å². The summed E-state index contributed by atoms with van der Waals surface area (Å²) in [6.45, 7) is 3.74. The molecule has 0 radical (unpaired) electrons. The van der Waals surface area contributed by atoms with Crippen LogP contribution >= 0.6 is 0 Å². The maximum atomic E-state index is 12.1. The van der Waals surface area contributed by atoms with Gasteiger partial charge in [0, 0.05) is 24.1 Å². The molecular formula is C15H17N3O. The minimum absolute atomic E-state index is 0.0000218. The number of hydrogen-bond acceptors (Lipinski definition) is 2. The van der Waals surface area contributed by atoms with E-state index in [0.29, 0.717) is 0 Å². The van der Waals surface area contributed by atoms with E-state index in [4.69, 9.17) is 5.26 Å². The molecule has 0 saturated heterocycles. The standard InChI is InChI=1S/C15H17N3O/c1-10(2)12(8-16)15(19)17-13-9-18(3)14-7-5-4-6-11(13)14/h4-7,9-10,12H,1-3H3,(H,17,19). The lowest BCUT2D eigenvalue weighted by molar-refractivity contribution is -0.119. The first-order valence-corrected chi connectivity index (χ1v) is 6.29. The number of nitrogens with zero attached hydrogens (tertiary/aromatic N) is 2. The van der Waals surface area contributed by atoms with Gasteiger partial charge in [0.15, 0.2) is 0 Å². The first-order valence-electron chi connectivity index (χ1n) is 6.29. The van der Waals surface area contributed by atoms with Crippen molar-refractivity contribution in [2.75, 3.05) is 5.32 Å². The molecule has 19 heavy (non-hydrogen) atoms. The Labute approximate surface area is 112 Å². The first kappa shape index (κ1) is 13.2. The van der Waals surface area contributed by atoms with Crippen molar-refractivity contribution in [1.29, 1.82) is 5.26 Å². The van der Waals surface area contributed by atoms with Crippen molar-refractivity contribution in [2.24, 2.45) is 18.9 Å². The zero-order valence-electron chi connectivity index (χ0n) is 11.3. The molecule has 4 heteroatoms. The van der Waals surface area contributed by atoms with E-state index in [1.165, 1.54) is 0 Å². The van der Waals surface area contributed by atoms with E-state index in [2.05, 4.69) is 11.4 Å². The molecular weight excluding hydrogens is 238 g/mol. The fraction of sp³-hybridized carbons (Fsp3) is 0.333. The van der Waals surface area contributed by atoms with Gasteiger partial charge < -0.3 is 9.88 Å². The minimum atomic E-state index is -0.626. The van der Waals surface area contributed by atoms with E-state index in [-0.39, 0.29) is 11.8 Å². The molecule has 0 aliphatic heterocycles. The van der Waals surface area contributed by atoms with E-state index in [1.54, 1.807) is 0 Å². The highest BCUT2D eigenvalue weighted by atomic mass is 16.1. The Kier molecular flexibility index (Phi) is 3.57. The lowest BCUT2D eigenvalue weighted by atomic mass is 9.96. The van der Waals surface area contributed by atoms with Crippen molar-refractivity contribution >= 4 is 22.5 Å². The maximum absolute atomic E-state index is 12.1. The lowest BCUT2D eigenvalue weighted by Gasteiger charge is -2.12. The second kappa shape index (κ2) is 5.15. The number of hydrogen-bond donors (Lipinski definition) is 1. The molecule has 1 N–H and O–H groups in total. The van der Waals surface area contributed by atoms with Gasteiger partial charge in [-0.15, -0.1) is 0 Å². The molecule has 0 bridgehead atoms. The number of aromatic nitrogens is 1. The van der Waals surface area contributed by atoms with Crippen LogP contribution in [0.1, 0.15) is 13.8 Å². The third-order valence-corrected chi connectivity index (χ3v) is 3.24. The molecule has 2 aromatic rings. The summed E-state index contributed by atoms with van der Waals surface area (Å²) in [4.78, 5) is 12.1. The van der Waals surface area contributed by atoms with Gasteiger partial charge in [-0.3, -0.25) is 4.79 Å². The number of anilines is 1. The van der Waals surface area contributed by atoms with Crippen molar-refractivity contribution in [3.05, 3.63) is 30.5 Å². The van der Waals surface area contributed by atoms with Crippen LogP contribution in [0.5, 0.6) is 0 Å². The van der Waals surface area contributed by atoms with Crippen LogP contribution in [0.2, 0.25) is 0 Å². The molecule has 98 valence electrons. The van der Waals surface area contributed by atoms with Crippen LogP contribution in [0.4, 0.5) is 5.69 Å². The molecule has 4 nitrogen and oxygen atoms in total. The second-order valence-electron chi connectivity index (χ2n) is 5.01. The zero-order chi connectivity index (χ0) is 14.0. The van der Waals surface area contributed by atoms with Crippen LogP contribution < -0.4 is 5.32 Å². The fourth-order valence-corrected chi connectivity index (χ4v) is 2.16. The number of para-hydroxylation sites is 1. The number of benzene rings is 1. The Bertz CT molecular complexity index is 649. The summed E-state index contributed by atoms with van der Waals surface area (Å²) in [5.41, 5.74) is 1.81. The van der Waals surface area contributed by atoms with Crippen LogP contribution in [0.3, 0.4) is 0 Å². The van der Waals surface area contributed by atoms with Crippen molar-refractivity contribution < 1.29 is 4.79 Å². The van der Waals surface area contributed by atoms with Crippen LogP contribution in [0, 0.1) is 23.2 Å². The van der Waals surface area contributed by atoms with Crippen LogP contribution in [0.15, 0.2) is 30.5 Å². The van der Waals surface area contributed by atoms with Gasteiger partial charge in [0.25, 0.3) is 0 Å². The quantitative estimate of drug-likeness (QED) is 0.916. The van der Waals surface area contributed by atoms with E-state index >= 15 is 0 Å². The molecule has 2 rings (SSSR count). The highest BCUT2D eigenvalue weighted by Gasteiger charge is 2.22. The molecule has 0 aliphatic rings. The number of amides is 1. The van der Waals surface area contributed by atoms with Crippen LogP contribution in [0.25, 0.3) is 10.9 Å². The van der Waals surface area contributed by atoms with Gasteiger partial charge in [0.05, 0.1) is 11.8 Å². The smallest absolute Gasteiger partial charge is 0.242 e. The van der Waals surface area contributed by atoms with Gasteiger partial charge in [-0.05, 0) is 12.0 Å². The summed E-state index contributed by atoms with van der Waals surface area (Å²) in [5.74, 6) is -0.868. The molecule has 1 unspecified atom stereocenters. The summed E-state index contributed by atoms with van der Waals surface area (Å²) >= 11 is 0. The normalized spacial score (nSPS) is 12.4. The summed E-state index contributed by atoms with van der Waals surface area (Å²) in [7, 11) is 1.93. The SMILES string of the molecule is CC(C)C(C#N)C(=O)Nc1cn(C)c2ccccc12. The molecule has 0 spiro atoms. The fourth-order valence-electron chi connectivity index (χ4n) is 2.16. The van der Waals surface area contributed by atoms with E-state index in [1.807, 2.05) is 55.9 Å². The Morgan fingerprint density at radius 3 is 2.68 bits per heavy atom. The van der Waals surface area contributed by atoms with Gasteiger partial charge >= 0.3 is 0 Å². The molecule has 1 atom stereocenters. The third kappa shape index (κ3) is 2.45. The highest BCUT2D eigenvalue weighted by Crippen LogP contribution is 2.25. The van der Waals surface area contributed by atoms with Gasteiger partial charge in [-0.2, -0.15) is 5.26 Å². The highest BCUT2D eigenvalue weighted by molar-refractivity contribution is 6.03. The molecule has 0 fully saturated rings. The number of rotatable bonds is 3. The van der Waals surface area contributed by atoms with Crippen LogP contribution in [-0.2, 0) is 11.8 Å². The largest absolute Gasteiger partial charge is 0.348 e. The van der Waals surface area contributed by atoms with Gasteiger partial charge in [0.2, 0.25) is 5.91 Å². The summed E-state index contributed by atoms with van der Waals surface area (Å²) in [5, 5.41) is 12.9. The zero-order valence-corrected chi connectivity index (χ0v) is 11.3. The van der Waals surface area contributed by atoms with Gasteiger partial charge in [-0.25, -0.2) is 0 Å². The number of carbonyl (C=O) groups excluding carboxylic acids is 1. The van der Waals surface area contributed by atoms with E-state index in [9.17, 15) is 4.79 Å². The average molecular weight is 255 g/mol. The summed E-state index contributed by atoms with van der Waals surface area (Å²) in [6, 6.07) is 9.90. The second-order valence-corrected chi connectivity index (χ2v) is 5.01. The predicted octanol–water partition coefficient (Wildman–Crippen LogP) is 2.91. The van der Waals surface area contributed by atoms with Crippen LogP contribution in [-0.4, -0.2) is 10.5 Å². The molecule has 1 aromatic carbocycles. The predicted molar refractivity (Wildman–Crippen MR) is 75.5 cm³/mol. The first-order chi connectivity index (χ1) is 9.04. The van der Waals surface area contributed by atoms with Gasteiger partial charge in [-0.1, -0.05) is 32.0 Å². The average Bonchev–Trinajstić information content (AvgIpc) is 2.67. The number of nitrogens with one attached hydrogen (secondary N) is 1. The van der Waals surface area contributed by atoms with Crippen molar-refractivity contribution in [3.63, 3.8) is 0 Å². The molecule has 0 aliphatic carbocycles. The Morgan fingerprint density at radius 1 is 1.37 bits per heavy atom. The number of carbonyl (C=O) groups is 1. The minimum Gasteiger partial charge on any atom is -0.348 e. The third-order valence-electron chi connectivity index (χ3n) is 3.24. The Balaban J connectivity index is 2.32. The molecule has 0 saturated carbocycles. The van der Waals surface area contributed by atoms with Crippen molar-refractivity contribution in [3.8, 4) is 6.07 Å². The maximum Gasteiger partial charge on any atom is 0.242 e. The molecule has 1 amide bonds. The number of fused-ring (bicyclic) bond motifs is 1. The lowest BCUT2D eigenvalue weighted by Crippen LogP contribution is -2.25. The summed E-state index contributed by atoms with van der Waals surface area (Å²) in [6.07, 6.45) is 1.87. The van der Waals surface area contributed by atoms with E-state index < -0.39 is 5.92 Å². The Hall–Kier alpha value is -2.28. The monoisotopic (exact) mass is 255 g/mol. The number of nitriles is 1. The van der Waals surface area contributed by atoms with Crippen molar-refractivity contribution in [2.45, 2.75) is 13.8 Å². The van der Waals surface area contributed by atoms with E-state index in [0.717, 1.165) is 16.6 Å². The molecule has 1 aromatic heterocycles. The number of aryl methyl sites for hydroxylation is 1. The Morgan fingerprint density at radius 2 is 2.05 bits per heavy atom. The molecule has 1 heterocycles. The summed E-state index contributed by atoms with van der Waals surface area (Å²) < 4.78 is 1.96.